The maximum absolute atomic E-state index is 10.1. The molecule has 0 aliphatic carbocycles. The van der Waals surface area contributed by atoms with Gasteiger partial charge in [0.05, 0.1) is 6.10 Å². The third kappa shape index (κ3) is 6.98. The summed E-state index contributed by atoms with van der Waals surface area (Å²) in [7, 11) is 2.14. The fraction of sp³-hybridized carbons (Fsp3) is 0.625. The topological polar surface area (TPSA) is 35.5 Å². The Hall–Kier alpha value is -0.320. The van der Waals surface area contributed by atoms with E-state index in [1.54, 1.807) is 18.2 Å². The van der Waals surface area contributed by atoms with Gasteiger partial charge < -0.3 is 15.3 Å². The Morgan fingerprint density at radius 1 is 1.24 bits per heavy atom. The van der Waals surface area contributed by atoms with Gasteiger partial charge in [0.1, 0.15) is 0 Å². The SMILES string of the molecule is CC(C)N(C)CCCCNCC(O)c1cc(Cl)ccc1Cl. The van der Waals surface area contributed by atoms with Crippen molar-refractivity contribution in [3.8, 4) is 0 Å². The summed E-state index contributed by atoms with van der Waals surface area (Å²) in [5.74, 6) is 0. The minimum atomic E-state index is -0.630. The van der Waals surface area contributed by atoms with Crippen molar-refractivity contribution in [1.82, 2.24) is 10.2 Å². The van der Waals surface area contributed by atoms with Gasteiger partial charge in [-0.1, -0.05) is 23.2 Å². The van der Waals surface area contributed by atoms with E-state index in [9.17, 15) is 5.11 Å². The van der Waals surface area contributed by atoms with Crippen molar-refractivity contribution >= 4 is 23.2 Å². The maximum Gasteiger partial charge on any atom is 0.0929 e. The minimum absolute atomic E-state index is 0.486. The first kappa shape index (κ1) is 18.7. The van der Waals surface area contributed by atoms with Gasteiger partial charge in [-0.05, 0) is 65.0 Å². The summed E-state index contributed by atoms with van der Waals surface area (Å²) in [5, 5.41) is 14.5. The molecular formula is C16H26Cl2N2O. The van der Waals surface area contributed by atoms with Crippen LogP contribution < -0.4 is 5.32 Å². The number of unbranched alkanes of at least 4 members (excludes halogenated alkanes) is 1. The largest absolute Gasteiger partial charge is 0.387 e. The average Bonchev–Trinajstić information content (AvgIpc) is 2.44. The van der Waals surface area contributed by atoms with Crippen LogP contribution in [0.25, 0.3) is 0 Å². The Labute approximate surface area is 138 Å². The molecule has 1 aromatic carbocycles. The Balaban J connectivity index is 2.22. The van der Waals surface area contributed by atoms with Gasteiger partial charge in [0, 0.05) is 28.2 Å². The highest BCUT2D eigenvalue weighted by Crippen LogP contribution is 2.25. The van der Waals surface area contributed by atoms with Crippen molar-refractivity contribution in [3.05, 3.63) is 33.8 Å². The van der Waals surface area contributed by atoms with E-state index in [4.69, 9.17) is 23.2 Å². The molecule has 0 saturated heterocycles. The number of hydrogen-bond acceptors (Lipinski definition) is 3. The van der Waals surface area contributed by atoms with Crippen LogP contribution in [-0.4, -0.2) is 42.7 Å². The van der Waals surface area contributed by atoms with E-state index in [0.717, 1.165) is 25.9 Å². The van der Waals surface area contributed by atoms with Crippen LogP contribution in [0.15, 0.2) is 18.2 Å². The molecule has 5 heteroatoms. The van der Waals surface area contributed by atoms with Crippen molar-refractivity contribution in [3.63, 3.8) is 0 Å². The van der Waals surface area contributed by atoms with Crippen LogP contribution in [-0.2, 0) is 0 Å². The second-order valence-electron chi connectivity index (χ2n) is 5.67. The number of nitrogens with one attached hydrogen (secondary N) is 1. The standard InChI is InChI=1S/C16H26Cl2N2O/c1-12(2)20(3)9-5-4-8-19-11-16(21)14-10-13(17)6-7-15(14)18/h6-7,10,12,16,19,21H,4-5,8-9,11H2,1-3H3. The summed E-state index contributed by atoms with van der Waals surface area (Å²) in [4.78, 5) is 2.33. The molecule has 0 amide bonds. The molecule has 0 aliphatic heterocycles. The lowest BCUT2D eigenvalue weighted by atomic mass is 10.1. The zero-order chi connectivity index (χ0) is 15.8. The molecule has 0 bridgehead atoms. The zero-order valence-corrected chi connectivity index (χ0v) is 14.6. The molecule has 0 radical (unpaired) electrons. The molecule has 120 valence electrons. The third-order valence-corrected chi connectivity index (χ3v) is 4.23. The molecular weight excluding hydrogens is 307 g/mol. The second kappa shape index (κ2) is 9.65. The van der Waals surface area contributed by atoms with Crippen LogP contribution >= 0.6 is 23.2 Å². The van der Waals surface area contributed by atoms with Gasteiger partial charge in [0.15, 0.2) is 0 Å². The van der Waals surface area contributed by atoms with E-state index in [0.29, 0.717) is 28.2 Å². The molecule has 2 N–H and O–H groups in total. The maximum atomic E-state index is 10.1. The molecule has 1 atom stereocenters. The fourth-order valence-electron chi connectivity index (χ4n) is 1.99. The van der Waals surface area contributed by atoms with E-state index < -0.39 is 6.10 Å². The summed E-state index contributed by atoms with van der Waals surface area (Å²) in [6.45, 7) is 6.87. The first-order chi connectivity index (χ1) is 9.91. The summed E-state index contributed by atoms with van der Waals surface area (Å²) in [6, 6.07) is 5.74. The Morgan fingerprint density at radius 2 is 1.95 bits per heavy atom. The van der Waals surface area contributed by atoms with Crippen LogP contribution in [0.3, 0.4) is 0 Å². The van der Waals surface area contributed by atoms with Gasteiger partial charge in [0.2, 0.25) is 0 Å². The van der Waals surface area contributed by atoms with Crippen molar-refractivity contribution in [2.24, 2.45) is 0 Å². The van der Waals surface area contributed by atoms with Crippen LogP contribution in [0.2, 0.25) is 10.0 Å². The number of rotatable bonds is 9. The lowest BCUT2D eigenvalue weighted by molar-refractivity contribution is 0.174. The monoisotopic (exact) mass is 332 g/mol. The van der Waals surface area contributed by atoms with Crippen LogP contribution in [0.5, 0.6) is 0 Å². The molecule has 0 spiro atoms. The van der Waals surface area contributed by atoms with Crippen molar-refractivity contribution in [1.29, 1.82) is 0 Å². The van der Waals surface area contributed by atoms with E-state index >= 15 is 0 Å². The summed E-state index contributed by atoms with van der Waals surface area (Å²) in [5.41, 5.74) is 0.677. The highest BCUT2D eigenvalue weighted by atomic mass is 35.5. The summed E-state index contributed by atoms with van der Waals surface area (Å²) < 4.78 is 0. The summed E-state index contributed by atoms with van der Waals surface area (Å²) in [6.07, 6.45) is 1.61. The summed E-state index contributed by atoms with van der Waals surface area (Å²) >= 11 is 12.0. The van der Waals surface area contributed by atoms with Gasteiger partial charge in [-0.2, -0.15) is 0 Å². The molecule has 21 heavy (non-hydrogen) atoms. The number of halogens is 2. The van der Waals surface area contributed by atoms with Crippen LogP contribution in [0.1, 0.15) is 38.4 Å². The smallest absolute Gasteiger partial charge is 0.0929 e. The van der Waals surface area contributed by atoms with Crippen molar-refractivity contribution in [2.45, 2.75) is 38.8 Å². The molecule has 0 saturated carbocycles. The molecule has 0 fully saturated rings. The lowest BCUT2D eigenvalue weighted by Crippen LogP contribution is -2.28. The fourth-order valence-corrected chi connectivity index (χ4v) is 2.41. The Morgan fingerprint density at radius 3 is 2.62 bits per heavy atom. The molecule has 1 unspecified atom stereocenters. The number of aliphatic hydroxyl groups excluding tert-OH is 1. The van der Waals surface area contributed by atoms with Gasteiger partial charge in [0.25, 0.3) is 0 Å². The highest BCUT2D eigenvalue weighted by Gasteiger charge is 2.11. The van der Waals surface area contributed by atoms with E-state index in [-0.39, 0.29) is 0 Å². The van der Waals surface area contributed by atoms with Gasteiger partial charge in [-0.3, -0.25) is 0 Å². The number of benzene rings is 1. The van der Waals surface area contributed by atoms with Crippen LogP contribution in [0, 0.1) is 0 Å². The van der Waals surface area contributed by atoms with Crippen LogP contribution in [0.4, 0.5) is 0 Å². The predicted molar refractivity (Wildman–Crippen MR) is 91.3 cm³/mol. The molecule has 1 aromatic rings. The number of hydrogen-bond donors (Lipinski definition) is 2. The zero-order valence-electron chi connectivity index (χ0n) is 13.1. The molecule has 0 aromatic heterocycles. The van der Waals surface area contributed by atoms with E-state index in [2.05, 4.69) is 31.1 Å². The average molecular weight is 333 g/mol. The quantitative estimate of drug-likeness (QED) is 0.676. The Bertz CT molecular complexity index is 427. The second-order valence-corrected chi connectivity index (χ2v) is 6.51. The molecule has 1 rings (SSSR count). The van der Waals surface area contributed by atoms with E-state index in [1.807, 2.05) is 0 Å². The molecule has 0 heterocycles. The molecule has 3 nitrogen and oxygen atoms in total. The predicted octanol–water partition coefficient (Wildman–Crippen LogP) is 3.74. The van der Waals surface area contributed by atoms with Gasteiger partial charge >= 0.3 is 0 Å². The highest BCUT2D eigenvalue weighted by molar-refractivity contribution is 6.33. The van der Waals surface area contributed by atoms with Crippen molar-refractivity contribution < 1.29 is 5.11 Å². The first-order valence-electron chi connectivity index (χ1n) is 7.45. The number of nitrogens with zero attached hydrogens (tertiary/aromatic N) is 1. The lowest BCUT2D eigenvalue weighted by Gasteiger charge is -2.20. The Kier molecular flexibility index (Phi) is 8.60. The van der Waals surface area contributed by atoms with E-state index in [1.165, 1.54) is 0 Å². The third-order valence-electron chi connectivity index (χ3n) is 3.65. The van der Waals surface area contributed by atoms with Crippen molar-refractivity contribution in [2.75, 3.05) is 26.7 Å². The minimum Gasteiger partial charge on any atom is -0.387 e. The molecule has 0 aliphatic rings. The van der Waals surface area contributed by atoms with Gasteiger partial charge in [-0.25, -0.2) is 0 Å². The number of aliphatic hydroxyl groups is 1. The first-order valence-corrected chi connectivity index (χ1v) is 8.21. The normalized spacial score (nSPS) is 13.1. The van der Waals surface area contributed by atoms with Gasteiger partial charge in [-0.15, -0.1) is 0 Å².